The molecule has 0 aromatic carbocycles. The summed E-state index contributed by atoms with van der Waals surface area (Å²) in [6.45, 7) is 1.07. The Hall–Kier alpha value is -1.03. The van der Waals surface area contributed by atoms with Gasteiger partial charge in [0.25, 0.3) is 0 Å². The van der Waals surface area contributed by atoms with Gasteiger partial charge in [0.2, 0.25) is 5.91 Å². The van der Waals surface area contributed by atoms with Crippen LogP contribution in [0.3, 0.4) is 0 Å². The second-order valence-corrected chi connectivity index (χ2v) is 4.58. The average molecular weight is 275 g/mol. The van der Waals surface area contributed by atoms with Crippen molar-refractivity contribution in [3.63, 3.8) is 0 Å². The molecule has 5 N–H and O–H groups in total. The fourth-order valence-corrected chi connectivity index (χ4v) is 1.99. The lowest BCUT2D eigenvalue weighted by Gasteiger charge is -2.40. The molecule has 1 saturated heterocycles. The molecule has 0 spiro atoms. The molecule has 0 radical (unpaired) electrons. The zero-order valence-corrected chi connectivity index (χ0v) is 10.3. The van der Waals surface area contributed by atoms with Crippen LogP contribution in [-0.2, 0) is 14.3 Å². The van der Waals surface area contributed by atoms with E-state index in [4.69, 9.17) is 14.6 Å². The number of nitrogens with one attached hydrogen (secondary N) is 1. The predicted molar refractivity (Wildman–Crippen MR) is 60.5 cm³/mol. The first-order valence-corrected chi connectivity index (χ1v) is 5.89. The first-order valence-electron chi connectivity index (χ1n) is 5.89. The first kappa shape index (κ1) is 14.4. The van der Waals surface area contributed by atoms with Crippen molar-refractivity contribution in [3.05, 3.63) is 11.6 Å². The van der Waals surface area contributed by atoms with Crippen molar-refractivity contribution in [2.24, 2.45) is 0 Å². The van der Waals surface area contributed by atoms with Gasteiger partial charge in [0, 0.05) is 5.57 Å². The normalized spacial score (nSPS) is 43.0. The molecule has 8 heteroatoms. The topological polar surface area (TPSA) is 128 Å². The number of carbonyl (C=O) groups excluding carboxylic acids is 1. The van der Waals surface area contributed by atoms with Gasteiger partial charge in [0.1, 0.15) is 24.4 Å². The summed E-state index contributed by atoms with van der Waals surface area (Å²) in [7, 11) is 0. The van der Waals surface area contributed by atoms with Crippen LogP contribution in [0.4, 0.5) is 0 Å². The number of carbonyl (C=O) groups is 1. The van der Waals surface area contributed by atoms with Crippen LogP contribution in [0.15, 0.2) is 11.6 Å². The average Bonchev–Trinajstić information content (AvgIpc) is 2.69. The molecule has 2 rings (SSSR count). The molecule has 8 nitrogen and oxygen atoms in total. The van der Waals surface area contributed by atoms with Crippen LogP contribution in [0, 0.1) is 0 Å². The summed E-state index contributed by atoms with van der Waals surface area (Å²) in [5.41, 5.74) is 0.467. The van der Waals surface area contributed by atoms with Gasteiger partial charge in [-0.2, -0.15) is 0 Å². The van der Waals surface area contributed by atoms with Crippen molar-refractivity contribution in [1.82, 2.24) is 5.32 Å². The minimum Gasteiger partial charge on any atom is -0.394 e. The summed E-state index contributed by atoms with van der Waals surface area (Å²) in [5, 5.41) is 40.4. The van der Waals surface area contributed by atoms with Gasteiger partial charge >= 0.3 is 0 Å². The molecule has 6 atom stereocenters. The fourth-order valence-electron chi connectivity index (χ4n) is 1.99. The highest BCUT2D eigenvalue weighted by molar-refractivity contribution is 5.95. The SMILES string of the molecule is CC1=C[C@@H](O[C@@H]2O[C@H](CO)[C@@H](O)[C@H](O)[C@H]2O)NC1=O. The van der Waals surface area contributed by atoms with Gasteiger partial charge in [-0.3, -0.25) is 4.79 Å². The molecule has 0 saturated carbocycles. The lowest BCUT2D eigenvalue weighted by molar-refractivity contribution is -0.308. The van der Waals surface area contributed by atoms with Crippen LogP contribution < -0.4 is 5.32 Å². The second kappa shape index (κ2) is 5.53. The van der Waals surface area contributed by atoms with E-state index in [2.05, 4.69) is 5.32 Å². The molecule has 19 heavy (non-hydrogen) atoms. The van der Waals surface area contributed by atoms with Crippen LogP contribution in [0.5, 0.6) is 0 Å². The van der Waals surface area contributed by atoms with Crippen LogP contribution in [0.2, 0.25) is 0 Å². The fraction of sp³-hybridized carbons (Fsp3) is 0.727. The van der Waals surface area contributed by atoms with Gasteiger partial charge in [-0.25, -0.2) is 0 Å². The molecule has 1 fully saturated rings. The highest BCUT2D eigenvalue weighted by Gasteiger charge is 2.45. The minimum atomic E-state index is -1.50. The number of aliphatic hydroxyl groups is 4. The van der Waals surface area contributed by atoms with E-state index in [9.17, 15) is 20.1 Å². The molecular formula is C11H17NO7. The van der Waals surface area contributed by atoms with Gasteiger partial charge in [0.15, 0.2) is 12.5 Å². The second-order valence-electron chi connectivity index (χ2n) is 4.58. The Morgan fingerprint density at radius 2 is 2.00 bits per heavy atom. The zero-order valence-electron chi connectivity index (χ0n) is 10.3. The van der Waals surface area contributed by atoms with Crippen molar-refractivity contribution >= 4 is 5.91 Å². The van der Waals surface area contributed by atoms with Crippen LogP contribution >= 0.6 is 0 Å². The van der Waals surface area contributed by atoms with E-state index in [0.29, 0.717) is 5.57 Å². The maximum absolute atomic E-state index is 11.3. The number of rotatable bonds is 3. The third-order valence-corrected chi connectivity index (χ3v) is 3.16. The van der Waals surface area contributed by atoms with Crippen molar-refractivity contribution in [2.75, 3.05) is 6.61 Å². The molecule has 1 amide bonds. The van der Waals surface area contributed by atoms with E-state index < -0.39 is 43.5 Å². The monoisotopic (exact) mass is 275 g/mol. The Morgan fingerprint density at radius 1 is 1.32 bits per heavy atom. The first-order chi connectivity index (χ1) is 8.93. The smallest absolute Gasteiger partial charge is 0.248 e. The number of hydrogen-bond acceptors (Lipinski definition) is 7. The Bertz CT molecular complexity index is 383. The molecule has 2 heterocycles. The minimum absolute atomic E-state index is 0.297. The Kier molecular flexibility index (Phi) is 4.19. The van der Waals surface area contributed by atoms with Crippen molar-refractivity contribution in [1.29, 1.82) is 0 Å². The van der Waals surface area contributed by atoms with Crippen molar-refractivity contribution in [3.8, 4) is 0 Å². The van der Waals surface area contributed by atoms with E-state index in [1.165, 1.54) is 6.08 Å². The number of amides is 1. The Balaban J connectivity index is 2.02. The lowest BCUT2D eigenvalue weighted by Crippen LogP contribution is -2.60. The molecule has 0 aromatic rings. The molecular weight excluding hydrogens is 258 g/mol. The largest absolute Gasteiger partial charge is 0.394 e. The van der Waals surface area contributed by atoms with Gasteiger partial charge in [-0.15, -0.1) is 0 Å². The van der Waals surface area contributed by atoms with Crippen molar-refractivity contribution in [2.45, 2.75) is 43.9 Å². The van der Waals surface area contributed by atoms with E-state index in [1.54, 1.807) is 6.92 Å². The summed E-state index contributed by atoms with van der Waals surface area (Å²) in [6.07, 6.45) is -6.00. The maximum Gasteiger partial charge on any atom is 0.248 e. The highest BCUT2D eigenvalue weighted by atomic mass is 16.7. The summed E-state index contributed by atoms with van der Waals surface area (Å²) in [4.78, 5) is 11.3. The summed E-state index contributed by atoms with van der Waals surface area (Å²) in [5.74, 6) is -0.297. The highest BCUT2D eigenvalue weighted by Crippen LogP contribution is 2.23. The van der Waals surface area contributed by atoms with E-state index in [0.717, 1.165) is 0 Å². The maximum atomic E-state index is 11.3. The molecule has 108 valence electrons. The molecule has 0 unspecified atom stereocenters. The Labute approximate surface area is 109 Å². The van der Waals surface area contributed by atoms with Crippen LogP contribution in [0.1, 0.15) is 6.92 Å². The summed E-state index contributed by atoms with van der Waals surface area (Å²) < 4.78 is 10.4. The number of ether oxygens (including phenoxy) is 2. The summed E-state index contributed by atoms with van der Waals surface area (Å²) >= 11 is 0. The molecule has 2 aliphatic rings. The quantitative estimate of drug-likeness (QED) is 0.376. The standard InChI is InChI=1S/C11H17NO7/c1-4-2-6(12-10(4)17)19-11-9(16)8(15)7(14)5(3-13)18-11/h2,5-9,11,13-16H,3H2,1H3,(H,12,17)/t5-,6-,7-,8+,9-,11+/m1/s1. The van der Waals surface area contributed by atoms with Gasteiger partial charge in [-0.1, -0.05) is 0 Å². The third kappa shape index (κ3) is 2.78. The van der Waals surface area contributed by atoms with Gasteiger partial charge in [-0.05, 0) is 13.0 Å². The summed E-state index contributed by atoms with van der Waals surface area (Å²) in [6, 6.07) is 0. The predicted octanol–water partition coefficient (Wildman–Crippen LogP) is -2.79. The van der Waals surface area contributed by atoms with Gasteiger partial charge < -0.3 is 35.2 Å². The number of hydrogen-bond donors (Lipinski definition) is 5. The van der Waals surface area contributed by atoms with Crippen LogP contribution in [0.25, 0.3) is 0 Å². The van der Waals surface area contributed by atoms with E-state index in [1.807, 2.05) is 0 Å². The van der Waals surface area contributed by atoms with Crippen LogP contribution in [-0.4, -0.2) is 69.9 Å². The molecule has 0 aromatic heterocycles. The molecule has 0 aliphatic carbocycles. The van der Waals surface area contributed by atoms with Gasteiger partial charge in [0.05, 0.1) is 6.61 Å². The lowest BCUT2D eigenvalue weighted by atomic mass is 9.99. The third-order valence-electron chi connectivity index (χ3n) is 3.16. The molecule has 2 aliphatic heterocycles. The number of aliphatic hydroxyl groups excluding tert-OH is 4. The van der Waals surface area contributed by atoms with E-state index in [-0.39, 0.29) is 5.91 Å². The van der Waals surface area contributed by atoms with Crippen molar-refractivity contribution < 1.29 is 34.7 Å². The zero-order chi connectivity index (χ0) is 14.2. The molecule has 0 bridgehead atoms. The Morgan fingerprint density at radius 3 is 2.53 bits per heavy atom. The van der Waals surface area contributed by atoms with E-state index >= 15 is 0 Å².